The summed E-state index contributed by atoms with van der Waals surface area (Å²) in [6.07, 6.45) is 3.69. The summed E-state index contributed by atoms with van der Waals surface area (Å²) in [5, 5.41) is 2.88. The lowest BCUT2D eigenvalue weighted by Gasteiger charge is -2.19. The normalized spacial score (nSPS) is 12.5. The number of benzene rings is 2. The van der Waals surface area contributed by atoms with Crippen molar-refractivity contribution in [1.82, 2.24) is 10.4 Å². The van der Waals surface area contributed by atoms with Crippen molar-refractivity contribution in [1.29, 1.82) is 0 Å². The number of nitrogens with one attached hydrogen (secondary N) is 1. The Kier molecular flexibility index (Phi) is 4.22. The highest BCUT2D eigenvalue weighted by Gasteiger charge is 2.16. The van der Waals surface area contributed by atoms with Crippen LogP contribution < -0.4 is 11.3 Å². The second kappa shape index (κ2) is 6.12. The Hall–Kier alpha value is -1.46. The van der Waals surface area contributed by atoms with Crippen LogP contribution in [0.4, 0.5) is 0 Å². The first kappa shape index (κ1) is 14.5. The Morgan fingerprint density at radius 1 is 1.14 bits per heavy atom. The van der Waals surface area contributed by atoms with Crippen molar-refractivity contribution in [2.45, 2.75) is 6.04 Å². The zero-order valence-electron chi connectivity index (χ0n) is 11.1. The third-order valence-electron chi connectivity index (χ3n) is 3.45. The second-order valence-corrected chi connectivity index (χ2v) is 5.98. The fourth-order valence-electron chi connectivity index (χ4n) is 2.43. The largest absolute Gasteiger partial charge is 0.271 e. The first-order chi connectivity index (χ1) is 10.2. The van der Waals surface area contributed by atoms with Gasteiger partial charge in [0, 0.05) is 27.8 Å². The van der Waals surface area contributed by atoms with Gasteiger partial charge >= 0.3 is 0 Å². The molecule has 0 aliphatic carbocycles. The van der Waals surface area contributed by atoms with Crippen LogP contribution in [0, 0.1) is 0 Å². The van der Waals surface area contributed by atoms with Gasteiger partial charge in [0.1, 0.15) is 0 Å². The molecule has 0 radical (unpaired) electrons. The molecule has 106 valence electrons. The summed E-state index contributed by atoms with van der Waals surface area (Å²) < 4.78 is 0.843. The summed E-state index contributed by atoms with van der Waals surface area (Å²) in [6, 6.07) is 13.7. The minimum atomic E-state index is -0.155. The van der Waals surface area contributed by atoms with E-state index in [0.29, 0.717) is 5.02 Å². The smallest absolute Gasteiger partial charge is 0.0731 e. The molecule has 0 fully saturated rings. The van der Waals surface area contributed by atoms with Crippen molar-refractivity contribution in [3.63, 3.8) is 0 Å². The molecule has 0 saturated carbocycles. The number of hydrogen-bond acceptors (Lipinski definition) is 3. The maximum absolute atomic E-state index is 6.06. The van der Waals surface area contributed by atoms with Crippen molar-refractivity contribution >= 4 is 38.3 Å². The molecular weight excluding hydrogens is 350 g/mol. The molecule has 0 spiro atoms. The van der Waals surface area contributed by atoms with Gasteiger partial charge in [0.15, 0.2) is 0 Å². The summed E-state index contributed by atoms with van der Waals surface area (Å²) in [6.45, 7) is 0. The molecule has 0 aliphatic rings. The molecule has 0 aliphatic heterocycles. The molecule has 0 amide bonds. The van der Waals surface area contributed by atoms with E-state index < -0.39 is 0 Å². The Labute approximate surface area is 136 Å². The van der Waals surface area contributed by atoms with Gasteiger partial charge in [-0.1, -0.05) is 41.9 Å². The molecule has 3 rings (SSSR count). The first-order valence-corrected chi connectivity index (χ1v) is 7.61. The number of aromatic nitrogens is 1. The number of halogens is 2. The van der Waals surface area contributed by atoms with Crippen molar-refractivity contribution < 1.29 is 0 Å². The summed E-state index contributed by atoms with van der Waals surface area (Å²) in [5.41, 5.74) is 4.92. The molecule has 1 aromatic heterocycles. The third-order valence-corrected chi connectivity index (χ3v) is 4.67. The van der Waals surface area contributed by atoms with Gasteiger partial charge in [-0.3, -0.25) is 10.8 Å². The average molecular weight is 363 g/mol. The van der Waals surface area contributed by atoms with E-state index in [9.17, 15) is 0 Å². The maximum Gasteiger partial charge on any atom is 0.0731 e. The number of hydrazine groups is 1. The highest BCUT2D eigenvalue weighted by Crippen LogP contribution is 2.31. The van der Waals surface area contributed by atoms with E-state index in [1.165, 1.54) is 0 Å². The van der Waals surface area contributed by atoms with E-state index >= 15 is 0 Å². The number of nitrogens with two attached hydrogens (primary N) is 1. The number of fused-ring (bicyclic) bond motifs is 1. The minimum absolute atomic E-state index is 0.155. The molecule has 2 aromatic carbocycles. The minimum Gasteiger partial charge on any atom is -0.271 e. The number of nitrogens with zero attached hydrogens (tertiary/aromatic N) is 1. The van der Waals surface area contributed by atoms with E-state index in [-0.39, 0.29) is 6.04 Å². The summed E-state index contributed by atoms with van der Waals surface area (Å²) in [4.78, 5) is 4.31. The van der Waals surface area contributed by atoms with Crippen molar-refractivity contribution in [2.24, 2.45) is 5.84 Å². The predicted octanol–water partition coefficient (Wildman–Crippen LogP) is 4.20. The van der Waals surface area contributed by atoms with Gasteiger partial charge in [0.25, 0.3) is 0 Å². The molecule has 0 bridgehead atoms. The van der Waals surface area contributed by atoms with Crippen LogP contribution in [0.3, 0.4) is 0 Å². The van der Waals surface area contributed by atoms with Gasteiger partial charge in [0.05, 0.1) is 11.1 Å². The highest BCUT2D eigenvalue weighted by atomic mass is 79.9. The van der Waals surface area contributed by atoms with Gasteiger partial charge in [-0.2, -0.15) is 0 Å². The van der Waals surface area contributed by atoms with Crippen molar-refractivity contribution in [2.75, 3.05) is 0 Å². The molecule has 0 saturated heterocycles. The fraction of sp³-hybridized carbons (Fsp3) is 0.0625. The van der Waals surface area contributed by atoms with Gasteiger partial charge in [-0.15, -0.1) is 0 Å². The maximum atomic E-state index is 6.06. The highest BCUT2D eigenvalue weighted by molar-refractivity contribution is 9.10. The van der Waals surface area contributed by atoms with Crippen LogP contribution in [-0.4, -0.2) is 4.98 Å². The standard InChI is InChI=1S/C16H13BrClN3/c17-14-7-10(5-6-15(14)18)16(21-19)13-9-20-8-11-3-1-2-4-12(11)13/h1-9,16,21H,19H2. The molecule has 3 nitrogen and oxygen atoms in total. The number of pyridine rings is 1. The van der Waals surface area contributed by atoms with Crippen LogP contribution in [0.25, 0.3) is 10.8 Å². The second-order valence-electron chi connectivity index (χ2n) is 4.72. The molecule has 5 heteroatoms. The fourth-order valence-corrected chi connectivity index (χ4v) is 2.94. The van der Waals surface area contributed by atoms with Crippen LogP contribution in [0.15, 0.2) is 59.3 Å². The lowest BCUT2D eigenvalue weighted by Crippen LogP contribution is -2.29. The quantitative estimate of drug-likeness (QED) is 0.542. The zero-order chi connectivity index (χ0) is 14.8. The van der Waals surface area contributed by atoms with E-state index in [1.54, 1.807) is 0 Å². The van der Waals surface area contributed by atoms with Crippen molar-refractivity contribution in [3.05, 3.63) is 75.5 Å². The van der Waals surface area contributed by atoms with Gasteiger partial charge < -0.3 is 0 Å². The molecule has 21 heavy (non-hydrogen) atoms. The Morgan fingerprint density at radius 3 is 2.71 bits per heavy atom. The third kappa shape index (κ3) is 2.80. The van der Waals surface area contributed by atoms with E-state index in [0.717, 1.165) is 26.4 Å². The topological polar surface area (TPSA) is 50.9 Å². The van der Waals surface area contributed by atoms with Crippen LogP contribution in [0.1, 0.15) is 17.2 Å². The first-order valence-electron chi connectivity index (χ1n) is 6.44. The number of rotatable bonds is 3. The van der Waals surface area contributed by atoms with Gasteiger partial charge in [-0.25, -0.2) is 5.43 Å². The van der Waals surface area contributed by atoms with Crippen molar-refractivity contribution in [3.8, 4) is 0 Å². The van der Waals surface area contributed by atoms with Gasteiger partial charge in [-0.05, 0) is 39.0 Å². The van der Waals surface area contributed by atoms with Gasteiger partial charge in [0.2, 0.25) is 0 Å². The van der Waals surface area contributed by atoms with Crippen LogP contribution in [0.2, 0.25) is 5.02 Å². The predicted molar refractivity (Wildman–Crippen MR) is 90.1 cm³/mol. The SMILES string of the molecule is NNC(c1ccc(Cl)c(Br)c1)c1cncc2ccccc12. The lowest BCUT2D eigenvalue weighted by molar-refractivity contribution is 0.639. The molecule has 3 aromatic rings. The molecule has 1 atom stereocenters. The van der Waals surface area contributed by atoms with Crippen LogP contribution >= 0.6 is 27.5 Å². The van der Waals surface area contributed by atoms with Crippen LogP contribution in [0.5, 0.6) is 0 Å². The zero-order valence-corrected chi connectivity index (χ0v) is 13.4. The molecule has 3 N–H and O–H groups in total. The molecule has 1 unspecified atom stereocenters. The average Bonchev–Trinajstić information content (AvgIpc) is 2.52. The lowest BCUT2D eigenvalue weighted by atomic mass is 9.96. The van der Waals surface area contributed by atoms with E-state index in [1.807, 2.05) is 48.8 Å². The molecule has 1 heterocycles. The van der Waals surface area contributed by atoms with E-state index in [2.05, 4.69) is 32.4 Å². The Balaban J connectivity index is 2.16. The Morgan fingerprint density at radius 2 is 1.95 bits per heavy atom. The van der Waals surface area contributed by atoms with E-state index in [4.69, 9.17) is 17.4 Å². The molecular formula is C16H13BrClN3. The summed E-state index contributed by atoms with van der Waals surface area (Å²) in [7, 11) is 0. The number of hydrogen-bond donors (Lipinski definition) is 2. The summed E-state index contributed by atoms with van der Waals surface area (Å²) >= 11 is 9.51. The summed E-state index contributed by atoms with van der Waals surface area (Å²) in [5.74, 6) is 5.79. The monoisotopic (exact) mass is 361 g/mol. The van der Waals surface area contributed by atoms with Crippen LogP contribution in [-0.2, 0) is 0 Å². The Bertz CT molecular complexity index is 786.